The van der Waals surface area contributed by atoms with Crippen LogP contribution in [-0.4, -0.2) is 55.9 Å². The third-order valence-corrected chi connectivity index (χ3v) is 4.18. The summed E-state index contributed by atoms with van der Waals surface area (Å²) in [7, 11) is 1.95. The third-order valence-electron chi connectivity index (χ3n) is 4.18. The van der Waals surface area contributed by atoms with Gasteiger partial charge in [-0.2, -0.15) is 0 Å². The van der Waals surface area contributed by atoms with Gasteiger partial charge in [-0.25, -0.2) is 4.98 Å². The monoisotopic (exact) mass is 331 g/mol. The molecule has 128 valence electrons. The minimum absolute atomic E-state index is 0.00912. The first-order valence-corrected chi connectivity index (χ1v) is 7.84. The number of aromatic nitrogens is 2. The van der Waals surface area contributed by atoms with Crippen LogP contribution in [0.25, 0.3) is 0 Å². The highest BCUT2D eigenvalue weighted by Gasteiger charge is 2.33. The Kier molecular flexibility index (Phi) is 4.82. The number of β-amino-alcohol motifs (C(OH)–C–C–N with tert-alkyl or cyclic N) is 1. The summed E-state index contributed by atoms with van der Waals surface area (Å²) < 4.78 is 7.83. The number of aliphatic hydroxyl groups excluding tert-OH is 1. The number of benzene rings is 1. The summed E-state index contributed by atoms with van der Waals surface area (Å²) in [4.78, 5) is 16.9. The molecule has 2 atom stereocenters. The average Bonchev–Trinajstić information content (AvgIpc) is 3.08. The van der Waals surface area contributed by atoms with Gasteiger partial charge in [-0.1, -0.05) is 12.1 Å². The van der Waals surface area contributed by atoms with Crippen LogP contribution in [0.2, 0.25) is 0 Å². The predicted molar refractivity (Wildman–Crippen MR) is 86.7 cm³/mol. The molecule has 0 unspecified atom stereocenters. The lowest BCUT2D eigenvalue weighted by atomic mass is 10.1. The number of imidazole rings is 1. The highest BCUT2D eigenvalue weighted by Crippen LogP contribution is 2.21. The van der Waals surface area contributed by atoms with Crippen LogP contribution in [0.1, 0.15) is 11.3 Å². The summed E-state index contributed by atoms with van der Waals surface area (Å²) in [5.41, 5.74) is 1.81. The number of carboxylic acids is 1. The Hall–Kier alpha value is -2.38. The maximum atomic E-state index is 10.7. The number of carbonyl (C=O) groups is 1. The molecule has 0 radical (unpaired) electrons. The van der Waals surface area contributed by atoms with E-state index in [1.165, 1.54) is 0 Å². The van der Waals surface area contributed by atoms with Crippen LogP contribution in [0.5, 0.6) is 5.75 Å². The van der Waals surface area contributed by atoms with Crippen molar-refractivity contribution >= 4 is 5.97 Å². The Morgan fingerprint density at radius 3 is 2.71 bits per heavy atom. The van der Waals surface area contributed by atoms with Gasteiger partial charge in [-0.05, 0) is 17.7 Å². The van der Waals surface area contributed by atoms with Crippen molar-refractivity contribution in [1.29, 1.82) is 0 Å². The zero-order valence-electron chi connectivity index (χ0n) is 13.5. The van der Waals surface area contributed by atoms with E-state index >= 15 is 0 Å². The van der Waals surface area contributed by atoms with Crippen LogP contribution >= 0.6 is 0 Å². The van der Waals surface area contributed by atoms with Crippen molar-refractivity contribution in [3.8, 4) is 5.75 Å². The Labute approximate surface area is 140 Å². The van der Waals surface area contributed by atoms with E-state index in [-0.39, 0.29) is 12.5 Å². The van der Waals surface area contributed by atoms with Gasteiger partial charge in [0.25, 0.3) is 0 Å². The van der Waals surface area contributed by atoms with Crippen molar-refractivity contribution in [3.63, 3.8) is 0 Å². The smallest absolute Gasteiger partial charge is 0.307 e. The summed E-state index contributed by atoms with van der Waals surface area (Å²) in [5.74, 6) is -0.226. The van der Waals surface area contributed by atoms with Gasteiger partial charge in [0.1, 0.15) is 18.0 Å². The van der Waals surface area contributed by atoms with Crippen molar-refractivity contribution in [1.82, 2.24) is 14.5 Å². The SMILES string of the molecule is Cn1cncc1CN1C[C@@H](O)[C@H](Oc2ccc(CC(=O)O)cc2)C1. The molecule has 7 nitrogen and oxygen atoms in total. The van der Waals surface area contributed by atoms with Gasteiger partial charge in [-0.15, -0.1) is 0 Å². The van der Waals surface area contributed by atoms with Crippen LogP contribution in [-0.2, 0) is 24.8 Å². The van der Waals surface area contributed by atoms with Crippen molar-refractivity contribution in [3.05, 3.63) is 48.0 Å². The lowest BCUT2D eigenvalue weighted by molar-refractivity contribution is -0.136. The molecule has 7 heteroatoms. The molecule has 1 fully saturated rings. The van der Waals surface area contributed by atoms with E-state index in [1.54, 1.807) is 30.6 Å². The fourth-order valence-corrected chi connectivity index (χ4v) is 2.88. The number of rotatable bonds is 6. The van der Waals surface area contributed by atoms with E-state index in [9.17, 15) is 9.90 Å². The van der Waals surface area contributed by atoms with Crippen molar-refractivity contribution in [2.45, 2.75) is 25.2 Å². The van der Waals surface area contributed by atoms with E-state index in [1.807, 2.05) is 17.8 Å². The normalized spacial score (nSPS) is 21.1. The molecule has 0 spiro atoms. The highest BCUT2D eigenvalue weighted by atomic mass is 16.5. The maximum Gasteiger partial charge on any atom is 0.307 e. The van der Waals surface area contributed by atoms with Gasteiger partial charge in [0.05, 0.1) is 18.4 Å². The Bertz CT molecular complexity index is 698. The number of hydrogen-bond acceptors (Lipinski definition) is 5. The number of nitrogens with zero attached hydrogens (tertiary/aromatic N) is 3. The molecule has 1 aliphatic rings. The van der Waals surface area contributed by atoms with Gasteiger partial charge in [-0.3, -0.25) is 9.69 Å². The molecule has 2 aromatic rings. The molecule has 0 amide bonds. The fourth-order valence-electron chi connectivity index (χ4n) is 2.88. The number of hydrogen-bond donors (Lipinski definition) is 2. The molecular formula is C17H21N3O4. The van der Waals surface area contributed by atoms with Crippen LogP contribution in [0, 0.1) is 0 Å². The summed E-state index contributed by atoms with van der Waals surface area (Å²) in [6.07, 6.45) is 2.71. The first kappa shape index (κ1) is 16.5. The molecule has 0 saturated carbocycles. The fraction of sp³-hybridized carbons (Fsp3) is 0.412. The lowest BCUT2D eigenvalue weighted by Crippen LogP contribution is -2.29. The van der Waals surface area contributed by atoms with Gasteiger partial charge >= 0.3 is 5.97 Å². The van der Waals surface area contributed by atoms with Gasteiger partial charge in [0.15, 0.2) is 0 Å². The van der Waals surface area contributed by atoms with E-state index in [0.29, 0.717) is 25.4 Å². The van der Waals surface area contributed by atoms with Crippen molar-refractivity contribution < 1.29 is 19.7 Å². The Balaban J connectivity index is 1.57. The molecule has 0 bridgehead atoms. The average molecular weight is 331 g/mol. The largest absolute Gasteiger partial charge is 0.486 e. The lowest BCUT2D eigenvalue weighted by Gasteiger charge is -2.17. The highest BCUT2D eigenvalue weighted by molar-refractivity contribution is 5.70. The molecule has 24 heavy (non-hydrogen) atoms. The minimum Gasteiger partial charge on any atom is -0.486 e. The van der Waals surface area contributed by atoms with E-state index < -0.39 is 12.1 Å². The quantitative estimate of drug-likeness (QED) is 0.809. The first-order chi connectivity index (χ1) is 11.5. The first-order valence-electron chi connectivity index (χ1n) is 7.84. The summed E-state index contributed by atoms with van der Waals surface area (Å²) >= 11 is 0. The Morgan fingerprint density at radius 2 is 2.08 bits per heavy atom. The summed E-state index contributed by atoms with van der Waals surface area (Å²) in [6.45, 7) is 1.89. The van der Waals surface area contributed by atoms with Gasteiger partial charge in [0, 0.05) is 32.9 Å². The molecule has 2 heterocycles. The zero-order chi connectivity index (χ0) is 17.1. The molecule has 0 aliphatic carbocycles. The molecule has 1 aliphatic heterocycles. The van der Waals surface area contributed by atoms with E-state index in [4.69, 9.17) is 9.84 Å². The Morgan fingerprint density at radius 1 is 1.33 bits per heavy atom. The second-order valence-corrected chi connectivity index (χ2v) is 6.13. The van der Waals surface area contributed by atoms with Crippen LogP contribution < -0.4 is 4.74 Å². The minimum atomic E-state index is -0.860. The molecular weight excluding hydrogens is 310 g/mol. The van der Waals surface area contributed by atoms with Crippen LogP contribution in [0.3, 0.4) is 0 Å². The molecule has 2 N–H and O–H groups in total. The van der Waals surface area contributed by atoms with E-state index in [0.717, 1.165) is 11.3 Å². The topological polar surface area (TPSA) is 87.8 Å². The van der Waals surface area contributed by atoms with E-state index in [2.05, 4.69) is 9.88 Å². The number of ether oxygens (including phenoxy) is 1. The van der Waals surface area contributed by atoms with Gasteiger partial charge in [0.2, 0.25) is 0 Å². The summed E-state index contributed by atoms with van der Waals surface area (Å²) in [5, 5.41) is 19.0. The van der Waals surface area contributed by atoms with Crippen LogP contribution in [0.15, 0.2) is 36.8 Å². The summed E-state index contributed by atoms with van der Waals surface area (Å²) in [6, 6.07) is 6.96. The van der Waals surface area contributed by atoms with Crippen LogP contribution in [0.4, 0.5) is 0 Å². The number of likely N-dealkylation sites (tertiary alicyclic amines) is 1. The van der Waals surface area contributed by atoms with Gasteiger partial charge < -0.3 is 19.5 Å². The zero-order valence-corrected chi connectivity index (χ0v) is 13.5. The maximum absolute atomic E-state index is 10.7. The molecule has 1 aromatic heterocycles. The number of aryl methyl sites for hydroxylation is 1. The van der Waals surface area contributed by atoms with Crippen molar-refractivity contribution in [2.24, 2.45) is 7.05 Å². The number of carboxylic acid groups (broad SMARTS) is 1. The third kappa shape index (κ3) is 3.93. The molecule has 1 saturated heterocycles. The second kappa shape index (κ2) is 7.02. The number of aliphatic hydroxyl groups is 1. The molecule has 3 rings (SSSR count). The molecule has 1 aromatic carbocycles. The standard InChI is InChI=1S/C17H21N3O4/c1-19-11-18-7-13(19)8-20-9-15(21)16(10-20)24-14-4-2-12(3-5-14)6-17(22)23/h2-5,7,11,15-16,21H,6,8-10H2,1H3,(H,22,23)/t15-,16-/m1/s1. The predicted octanol–water partition coefficient (Wildman–Crippen LogP) is 0.671. The van der Waals surface area contributed by atoms with Crippen molar-refractivity contribution in [2.75, 3.05) is 13.1 Å². The number of aliphatic carboxylic acids is 1. The second-order valence-electron chi connectivity index (χ2n) is 6.13.